The molecule has 122 valence electrons. The number of hydrogen-bond donors (Lipinski definition) is 6. The smallest absolute Gasteiger partial charge is 0.244 e. The quantitative estimate of drug-likeness (QED) is 0.237. The van der Waals surface area contributed by atoms with Gasteiger partial charge in [-0.05, 0) is 5.56 Å². The van der Waals surface area contributed by atoms with E-state index in [-0.39, 0.29) is 6.42 Å². The molecule has 0 aliphatic carbocycles. The Morgan fingerprint density at radius 2 is 1.77 bits per heavy atom. The van der Waals surface area contributed by atoms with Crippen LogP contribution >= 0.6 is 0 Å². The van der Waals surface area contributed by atoms with Gasteiger partial charge in [0.25, 0.3) is 0 Å². The van der Waals surface area contributed by atoms with E-state index in [1.807, 2.05) is 6.07 Å². The van der Waals surface area contributed by atoms with Gasteiger partial charge in [-0.1, -0.05) is 30.3 Å². The number of aliphatic hydroxyl groups is 5. The molecule has 0 saturated carbocycles. The fraction of sp³-hybridized carbons (Fsp3) is 0.429. The number of amides is 1. The first-order chi connectivity index (χ1) is 10.5. The molecular weight excluding hydrogens is 292 g/mol. The van der Waals surface area contributed by atoms with E-state index < -0.39 is 36.9 Å². The SMILES string of the molecule is O=C(Cc1ccccc1)NN=CC(O)C(O)C(O)C(O)CO. The van der Waals surface area contributed by atoms with E-state index in [0.717, 1.165) is 11.8 Å². The molecule has 0 aliphatic heterocycles. The van der Waals surface area contributed by atoms with E-state index in [4.69, 9.17) is 10.2 Å². The monoisotopic (exact) mass is 312 g/mol. The average molecular weight is 312 g/mol. The lowest BCUT2D eigenvalue weighted by molar-refractivity contribution is -0.120. The van der Waals surface area contributed by atoms with Crippen LogP contribution in [0.5, 0.6) is 0 Å². The van der Waals surface area contributed by atoms with Gasteiger partial charge >= 0.3 is 0 Å². The van der Waals surface area contributed by atoms with Crippen molar-refractivity contribution in [1.29, 1.82) is 0 Å². The van der Waals surface area contributed by atoms with Crippen LogP contribution < -0.4 is 5.43 Å². The Labute approximate surface area is 127 Å². The average Bonchev–Trinajstić information content (AvgIpc) is 2.53. The summed E-state index contributed by atoms with van der Waals surface area (Å²) < 4.78 is 0. The van der Waals surface area contributed by atoms with Crippen LogP contribution in [0.2, 0.25) is 0 Å². The topological polar surface area (TPSA) is 143 Å². The molecule has 4 unspecified atom stereocenters. The van der Waals surface area contributed by atoms with Gasteiger partial charge in [-0.3, -0.25) is 4.79 Å². The van der Waals surface area contributed by atoms with Crippen molar-refractivity contribution in [3.8, 4) is 0 Å². The number of nitrogens with one attached hydrogen (secondary N) is 1. The highest BCUT2D eigenvalue weighted by molar-refractivity contribution is 5.79. The normalized spacial score (nSPS) is 17.0. The van der Waals surface area contributed by atoms with Crippen molar-refractivity contribution in [2.75, 3.05) is 6.61 Å². The van der Waals surface area contributed by atoms with Gasteiger partial charge in [0.1, 0.15) is 24.4 Å². The predicted octanol–water partition coefficient (Wildman–Crippen LogP) is -2.23. The van der Waals surface area contributed by atoms with Crippen LogP contribution in [-0.4, -0.2) is 68.7 Å². The third-order valence-corrected chi connectivity index (χ3v) is 2.91. The summed E-state index contributed by atoms with van der Waals surface area (Å²) in [5.41, 5.74) is 2.95. The minimum atomic E-state index is -1.75. The van der Waals surface area contributed by atoms with E-state index >= 15 is 0 Å². The predicted molar refractivity (Wildman–Crippen MR) is 77.9 cm³/mol. The summed E-state index contributed by atoms with van der Waals surface area (Å²) in [4.78, 5) is 11.6. The lowest BCUT2D eigenvalue weighted by Crippen LogP contribution is -2.46. The van der Waals surface area contributed by atoms with Gasteiger partial charge in [0.05, 0.1) is 19.2 Å². The molecule has 4 atom stereocenters. The number of rotatable bonds is 8. The third-order valence-electron chi connectivity index (χ3n) is 2.91. The number of benzene rings is 1. The van der Waals surface area contributed by atoms with Crippen LogP contribution in [0.3, 0.4) is 0 Å². The molecule has 0 bridgehead atoms. The van der Waals surface area contributed by atoms with Gasteiger partial charge in [-0.2, -0.15) is 5.10 Å². The zero-order chi connectivity index (χ0) is 16.5. The lowest BCUT2D eigenvalue weighted by atomic mass is 10.0. The number of hydrazone groups is 1. The molecule has 0 spiro atoms. The van der Waals surface area contributed by atoms with E-state index in [9.17, 15) is 20.1 Å². The van der Waals surface area contributed by atoms with Gasteiger partial charge in [0.2, 0.25) is 5.91 Å². The summed E-state index contributed by atoms with van der Waals surface area (Å²) in [7, 11) is 0. The zero-order valence-electron chi connectivity index (χ0n) is 11.8. The summed E-state index contributed by atoms with van der Waals surface area (Å²) in [6.45, 7) is -0.768. The van der Waals surface area contributed by atoms with Crippen molar-refractivity contribution < 1.29 is 30.3 Å². The Balaban J connectivity index is 2.42. The van der Waals surface area contributed by atoms with Crippen LogP contribution in [0.1, 0.15) is 5.56 Å². The molecule has 0 aliphatic rings. The first kappa shape index (κ1) is 18.2. The highest BCUT2D eigenvalue weighted by Gasteiger charge is 2.29. The standard InChI is InChI=1S/C14H20N2O6/c17-8-11(19)14(22)13(21)10(18)7-15-16-12(20)6-9-4-2-1-3-5-9/h1-5,7,10-11,13-14,17-19,21-22H,6,8H2,(H,16,20). The van der Waals surface area contributed by atoms with Crippen LogP contribution in [0.25, 0.3) is 0 Å². The van der Waals surface area contributed by atoms with E-state index in [0.29, 0.717) is 0 Å². The first-order valence-corrected chi connectivity index (χ1v) is 6.64. The van der Waals surface area contributed by atoms with E-state index in [2.05, 4.69) is 10.5 Å². The van der Waals surface area contributed by atoms with Crippen molar-refractivity contribution >= 4 is 12.1 Å². The Hall–Kier alpha value is -1.84. The highest BCUT2D eigenvalue weighted by atomic mass is 16.4. The second-order valence-corrected chi connectivity index (χ2v) is 4.70. The molecule has 1 aromatic rings. The highest BCUT2D eigenvalue weighted by Crippen LogP contribution is 2.03. The van der Waals surface area contributed by atoms with Crippen molar-refractivity contribution in [2.24, 2.45) is 5.10 Å². The van der Waals surface area contributed by atoms with E-state index in [1.54, 1.807) is 24.3 Å². The van der Waals surface area contributed by atoms with Crippen molar-refractivity contribution in [3.63, 3.8) is 0 Å². The summed E-state index contributed by atoms with van der Waals surface area (Å²) in [6.07, 6.45) is -5.79. The molecule has 0 heterocycles. The van der Waals surface area contributed by atoms with E-state index in [1.165, 1.54) is 0 Å². The second kappa shape index (κ2) is 9.23. The maximum absolute atomic E-state index is 11.6. The van der Waals surface area contributed by atoms with Crippen LogP contribution in [-0.2, 0) is 11.2 Å². The molecule has 8 heteroatoms. The molecule has 0 fully saturated rings. The van der Waals surface area contributed by atoms with Gasteiger partial charge in [0.15, 0.2) is 0 Å². The van der Waals surface area contributed by atoms with Crippen LogP contribution in [0.15, 0.2) is 35.4 Å². The molecule has 1 aromatic carbocycles. The molecule has 1 rings (SSSR count). The fourth-order valence-corrected chi connectivity index (χ4v) is 1.63. The largest absolute Gasteiger partial charge is 0.394 e. The summed E-state index contributed by atoms with van der Waals surface area (Å²) in [6, 6.07) is 8.95. The Kier molecular flexibility index (Phi) is 7.64. The Morgan fingerprint density at radius 1 is 1.14 bits per heavy atom. The zero-order valence-corrected chi connectivity index (χ0v) is 11.8. The first-order valence-electron chi connectivity index (χ1n) is 6.64. The maximum Gasteiger partial charge on any atom is 0.244 e. The van der Waals surface area contributed by atoms with Crippen molar-refractivity contribution in [3.05, 3.63) is 35.9 Å². The van der Waals surface area contributed by atoms with Gasteiger partial charge < -0.3 is 25.5 Å². The molecule has 0 radical (unpaired) electrons. The Morgan fingerprint density at radius 3 is 2.36 bits per heavy atom. The molecule has 0 aromatic heterocycles. The number of carbonyl (C=O) groups is 1. The van der Waals surface area contributed by atoms with Gasteiger partial charge in [0, 0.05) is 0 Å². The molecule has 8 nitrogen and oxygen atoms in total. The lowest BCUT2D eigenvalue weighted by Gasteiger charge is -2.23. The molecular formula is C14H20N2O6. The number of aliphatic hydroxyl groups excluding tert-OH is 5. The summed E-state index contributed by atoms with van der Waals surface area (Å²) >= 11 is 0. The summed E-state index contributed by atoms with van der Waals surface area (Å²) in [5, 5.41) is 49.7. The molecule has 22 heavy (non-hydrogen) atoms. The fourth-order valence-electron chi connectivity index (χ4n) is 1.63. The van der Waals surface area contributed by atoms with Crippen LogP contribution in [0.4, 0.5) is 0 Å². The minimum Gasteiger partial charge on any atom is -0.394 e. The molecule has 0 saturated heterocycles. The van der Waals surface area contributed by atoms with Crippen molar-refractivity contribution in [1.82, 2.24) is 5.43 Å². The summed E-state index contributed by atoms with van der Waals surface area (Å²) in [5.74, 6) is -0.417. The number of hydrogen-bond acceptors (Lipinski definition) is 7. The minimum absolute atomic E-state index is 0.0999. The number of carbonyl (C=O) groups excluding carboxylic acids is 1. The Bertz CT molecular complexity index is 481. The maximum atomic E-state index is 11.6. The van der Waals surface area contributed by atoms with Crippen molar-refractivity contribution in [2.45, 2.75) is 30.8 Å². The molecule has 6 N–H and O–H groups in total. The molecule has 1 amide bonds. The number of nitrogens with zero attached hydrogens (tertiary/aromatic N) is 1. The second-order valence-electron chi connectivity index (χ2n) is 4.70. The van der Waals surface area contributed by atoms with Gasteiger partial charge in [-0.15, -0.1) is 0 Å². The van der Waals surface area contributed by atoms with Gasteiger partial charge in [-0.25, -0.2) is 5.43 Å². The third kappa shape index (κ3) is 5.88. The van der Waals surface area contributed by atoms with Crippen LogP contribution in [0, 0.1) is 0 Å².